The van der Waals surface area contributed by atoms with Gasteiger partial charge in [-0.25, -0.2) is 0 Å². The first-order chi connectivity index (χ1) is 6.03. The third kappa shape index (κ3) is 2.95. The van der Waals surface area contributed by atoms with Crippen LogP contribution in [0.5, 0.6) is 0 Å². The van der Waals surface area contributed by atoms with Gasteiger partial charge in [0.25, 0.3) is 0 Å². The molecule has 1 amide bonds. The van der Waals surface area contributed by atoms with E-state index in [0.717, 1.165) is 0 Å². The van der Waals surface area contributed by atoms with Gasteiger partial charge in [-0.15, -0.1) is 0 Å². The van der Waals surface area contributed by atoms with E-state index in [0.29, 0.717) is 13.0 Å². The number of nitrogens with one attached hydrogen (secondary N) is 1. The molecule has 0 aromatic carbocycles. The first kappa shape index (κ1) is 10.4. The summed E-state index contributed by atoms with van der Waals surface area (Å²) in [5, 5.41) is 12.3. The second-order valence-electron chi connectivity index (χ2n) is 3.53. The van der Waals surface area contributed by atoms with Crippen LogP contribution in [0.1, 0.15) is 13.3 Å². The van der Waals surface area contributed by atoms with Gasteiger partial charge in [-0.2, -0.15) is 0 Å². The van der Waals surface area contributed by atoms with Crippen LogP contribution in [0.25, 0.3) is 0 Å². The maximum Gasteiger partial charge on any atom is 0.236 e. The van der Waals surface area contributed by atoms with Gasteiger partial charge >= 0.3 is 0 Å². The highest BCUT2D eigenvalue weighted by Gasteiger charge is 2.32. The van der Waals surface area contributed by atoms with Crippen molar-refractivity contribution in [2.24, 2.45) is 5.73 Å². The minimum Gasteiger partial charge on any atom is -0.386 e. The van der Waals surface area contributed by atoms with Gasteiger partial charge in [0, 0.05) is 19.6 Å². The lowest BCUT2D eigenvalue weighted by Gasteiger charge is -2.21. The second kappa shape index (κ2) is 4.04. The Morgan fingerprint density at radius 1 is 1.85 bits per heavy atom. The molecule has 1 aliphatic rings. The highest BCUT2D eigenvalue weighted by molar-refractivity contribution is 5.81. The van der Waals surface area contributed by atoms with E-state index < -0.39 is 11.6 Å². The lowest BCUT2D eigenvalue weighted by molar-refractivity contribution is -0.123. The molecule has 0 aliphatic carbocycles. The van der Waals surface area contributed by atoms with E-state index in [-0.39, 0.29) is 19.1 Å². The van der Waals surface area contributed by atoms with Crippen molar-refractivity contribution in [3.63, 3.8) is 0 Å². The maximum absolute atomic E-state index is 11.1. The van der Waals surface area contributed by atoms with Crippen LogP contribution in [-0.2, 0) is 9.53 Å². The van der Waals surface area contributed by atoms with E-state index in [1.165, 1.54) is 0 Å². The number of ether oxygens (including phenoxy) is 1. The molecule has 1 heterocycles. The summed E-state index contributed by atoms with van der Waals surface area (Å²) < 4.78 is 5.02. The monoisotopic (exact) mass is 188 g/mol. The van der Waals surface area contributed by atoms with Crippen LogP contribution in [0.2, 0.25) is 0 Å². The topological polar surface area (TPSA) is 84.6 Å². The van der Waals surface area contributed by atoms with Crippen molar-refractivity contribution < 1.29 is 14.6 Å². The molecule has 0 aromatic heterocycles. The number of carbonyl (C=O) groups is 1. The van der Waals surface area contributed by atoms with Crippen LogP contribution in [0.3, 0.4) is 0 Å². The lowest BCUT2D eigenvalue weighted by atomic mass is 10.0. The van der Waals surface area contributed by atoms with E-state index in [9.17, 15) is 9.90 Å². The van der Waals surface area contributed by atoms with Crippen molar-refractivity contribution in [2.75, 3.05) is 19.8 Å². The average molecular weight is 188 g/mol. The molecule has 76 valence electrons. The minimum atomic E-state index is -0.898. The Bertz CT molecular complexity index is 188. The Kier molecular flexibility index (Phi) is 3.24. The number of rotatable bonds is 3. The van der Waals surface area contributed by atoms with Crippen LogP contribution in [0, 0.1) is 0 Å². The van der Waals surface area contributed by atoms with E-state index in [2.05, 4.69) is 5.32 Å². The van der Waals surface area contributed by atoms with Crippen LogP contribution in [0.15, 0.2) is 0 Å². The predicted molar refractivity (Wildman–Crippen MR) is 47.0 cm³/mol. The Labute approximate surface area is 77.2 Å². The normalized spacial score (nSPS) is 30.1. The molecule has 1 rings (SSSR count). The molecule has 1 unspecified atom stereocenters. The summed E-state index contributed by atoms with van der Waals surface area (Å²) >= 11 is 0. The third-order valence-electron chi connectivity index (χ3n) is 2.09. The van der Waals surface area contributed by atoms with Crippen LogP contribution < -0.4 is 11.1 Å². The lowest BCUT2D eigenvalue weighted by Crippen LogP contribution is -2.47. The smallest absolute Gasteiger partial charge is 0.236 e. The molecule has 2 atom stereocenters. The molecular weight excluding hydrogens is 172 g/mol. The van der Waals surface area contributed by atoms with Crippen LogP contribution in [0.4, 0.5) is 0 Å². The first-order valence-corrected chi connectivity index (χ1v) is 4.37. The number of hydrogen-bond acceptors (Lipinski definition) is 4. The summed E-state index contributed by atoms with van der Waals surface area (Å²) in [4.78, 5) is 11.1. The molecule has 0 radical (unpaired) electrons. The highest BCUT2D eigenvalue weighted by Crippen LogP contribution is 2.16. The number of carbonyl (C=O) groups excluding carboxylic acids is 1. The molecule has 0 spiro atoms. The fourth-order valence-corrected chi connectivity index (χ4v) is 1.15. The zero-order valence-electron chi connectivity index (χ0n) is 7.75. The summed E-state index contributed by atoms with van der Waals surface area (Å²) in [6.45, 7) is 2.65. The van der Waals surface area contributed by atoms with Gasteiger partial charge in [-0.05, 0) is 6.92 Å². The molecule has 0 saturated carbocycles. The fourth-order valence-electron chi connectivity index (χ4n) is 1.15. The molecule has 13 heavy (non-hydrogen) atoms. The number of nitrogens with two attached hydrogens (primary N) is 1. The Hall–Kier alpha value is -0.650. The van der Waals surface area contributed by atoms with Gasteiger partial charge in [0.15, 0.2) is 0 Å². The van der Waals surface area contributed by atoms with E-state index in [4.69, 9.17) is 10.5 Å². The van der Waals surface area contributed by atoms with E-state index in [1.54, 1.807) is 6.92 Å². The van der Waals surface area contributed by atoms with Crippen molar-refractivity contribution in [1.82, 2.24) is 5.32 Å². The molecule has 5 nitrogen and oxygen atoms in total. The van der Waals surface area contributed by atoms with Gasteiger partial charge in [0.05, 0.1) is 12.6 Å². The molecule has 1 saturated heterocycles. The largest absolute Gasteiger partial charge is 0.386 e. The third-order valence-corrected chi connectivity index (χ3v) is 2.09. The minimum absolute atomic E-state index is 0.216. The van der Waals surface area contributed by atoms with Gasteiger partial charge in [-0.3, -0.25) is 4.79 Å². The summed E-state index contributed by atoms with van der Waals surface area (Å²) in [6, 6.07) is -0.536. The van der Waals surface area contributed by atoms with Crippen molar-refractivity contribution in [3.05, 3.63) is 0 Å². The first-order valence-electron chi connectivity index (χ1n) is 4.37. The molecule has 0 aromatic rings. The SMILES string of the molecule is C[C@@H](N)C(=O)NCC1(O)CCOC1. The van der Waals surface area contributed by atoms with Crippen molar-refractivity contribution in [3.8, 4) is 0 Å². The predicted octanol–water partition coefficient (Wildman–Crippen LogP) is -1.40. The van der Waals surface area contributed by atoms with Crippen molar-refractivity contribution in [2.45, 2.75) is 25.0 Å². The number of hydrogen-bond donors (Lipinski definition) is 3. The molecule has 5 heteroatoms. The average Bonchev–Trinajstić information content (AvgIpc) is 2.48. The Balaban J connectivity index is 2.29. The van der Waals surface area contributed by atoms with Crippen molar-refractivity contribution in [1.29, 1.82) is 0 Å². The summed E-state index contributed by atoms with van der Waals surface area (Å²) in [6.07, 6.45) is 0.562. The zero-order chi connectivity index (χ0) is 9.90. The second-order valence-corrected chi connectivity index (χ2v) is 3.53. The van der Waals surface area contributed by atoms with Crippen LogP contribution in [-0.4, -0.2) is 42.4 Å². The maximum atomic E-state index is 11.1. The highest BCUT2D eigenvalue weighted by atomic mass is 16.5. The van der Waals surface area contributed by atoms with Gasteiger partial charge in [0.1, 0.15) is 5.60 Å². The molecule has 0 bridgehead atoms. The number of amides is 1. The Morgan fingerprint density at radius 3 is 3.00 bits per heavy atom. The molecule has 1 fully saturated rings. The summed E-state index contributed by atoms with van der Waals surface area (Å²) in [5.74, 6) is -0.250. The zero-order valence-corrected chi connectivity index (χ0v) is 7.75. The molecule has 4 N–H and O–H groups in total. The quantitative estimate of drug-likeness (QED) is 0.508. The molecule has 1 aliphatic heterocycles. The van der Waals surface area contributed by atoms with Gasteiger partial charge in [0.2, 0.25) is 5.91 Å². The van der Waals surface area contributed by atoms with Crippen LogP contribution >= 0.6 is 0 Å². The standard InChI is InChI=1S/C8H16N2O3/c1-6(9)7(11)10-4-8(12)2-3-13-5-8/h6,12H,2-5,9H2,1H3,(H,10,11)/t6-,8?/m1/s1. The molecular formula is C8H16N2O3. The van der Waals surface area contributed by atoms with E-state index in [1.807, 2.05) is 0 Å². The van der Waals surface area contributed by atoms with Gasteiger partial charge in [-0.1, -0.05) is 0 Å². The summed E-state index contributed by atoms with van der Waals surface area (Å²) in [7, 11) is 0. The van der Waals surface area contributed by atoms with E-state index >= 15 is 0 Å². The van der Waals surface area contributed by atoms with Gasteiger partial charge < -0.3 is 20.9 Å². The number of aliphatic hydroxyl groups is 1. The Morgan fingerprint density at radius 2 is 2.54 bits per heavy atom. The fraction of sp³-hybridized carbons (Fsp3) is 0.875. The summed E-state index contributed by atoms with van der Waals surface area (Å²) in [5.41, 5.74) is 4.44. The van der Waals surface area contributed by atoms with Crippen molar-refractivity contribution >= 4 is 5.91 Å².